The molecule has 0 saturated heterocycles. The maximum absolute atomic E-state index is 6.20. The molecule has 0 spiro atoms. The third kappa shape index (κ3) is 5.53. The molecule has 2 aromatic carbocycles. The molecule has 0 amide bonds. The van der Waals surface area contributed by atoms with Crippen molar-refractivity contribution in [3.05, 3.63) is 58.7 Å². The fourth-order valence-corrected chi connectivity index (χ4v) is 3.05. The van der Waals surface area contributed by atoms with Crippen LogP contribution in [0.1, 0.15) is 89.5 Å². The van der Waals surface area contributed by atoms with E-state index in [0.29, 0.717) is 5.92 Å². The Morgan fingerprint density at radius 2 is 1.07 bits per heavy atom. The van der Waals surface area contributed by atoms with Crippen molar-refractivity contribution in [1.29, 1.82) is 0 Å². The van der Waals surface area contributed by atoms with E-state index in [1.165, 1.54) is 22.3 Å². The van der Waals surface area contributed by atoms with E-state index in [9.17, 15) is 0 Å². The summed E-state index contributed by atoms with van der Waals surface area (Å²) in [5.74, 6) is 2.27. The highest BCUT2D eigenvalue weighted by Gasteiger charge is 2.20. The van der Waals surface area contributed by atoms with Gasteiger partial charge < -0.3 is 9.47 Å². The van der Waals surface area contributed by atoms with Crippen LogP contribution in [-0.2, 0) is 0 Å². The Bertz CT molecular complexity index is 735. The molecule has 0 fully saturated rings. The van der Waals surface area contributed by atoms with Crippen molar-refractivity contribution in [2.24, 2.45) is 0 Å². The lowest BCUT2D eigenvalue weighted by molar-refractivity contribution is 0.104. The Kier molecular flexibility index (Phi) is 6.85. The summed E-state index contributed by atoms with van der Waals surface area (Å²) in [7, 11) is 0. The molecule has 0 bridgehead atoms. The molecule has 2 aromatic rings. The first-order chi connectivity index (χ1) is 13.0. The van der Waals surface area contributed by atoms with Crippen molar-refractivity contribution in [2.45, 2.75) is 92.3 Å². The predicted molar refractivity (Wildman–Crippen MR) is 120 cm³/mol. The summed E-state index contributed by atoms with van der Waals surface area (Å²) in [5.41, 5.74) is 4.70. The summed E-state index contributed by atoms with van der Waals surface area (Å²) in [4.78, 5) is 0. The number of benzene rings is 2. The van der Waals surface area contributed by atoms with E-state index in [2.05, 4.69) is 98.7 Å². The van der Waals surface area contributed by atoms with E-state index in [1.54, 1.807) is 0 Å². The Hall–Kier alpha value is -1.96. The zero-order valence-corrected chi connectivity index (χ0v) is 19.3. The summed E-state index contributed by atoms with van der Waals surface area (Å²) in [6.07, 6.45) is 1.96. The van der Waals surface area contributed by atoms with E-state index < -0.39 is 0 Å². The van der Waals surface area contributed by atoms with Crippen LogP contribution in [0.4, 0.5) is 0 Å². The smallest absolute Gasteiger partial charge is 0.123 e. The number of ether oxygens (including phenoxy) is 2. The van der Waals surface area contributed by atoms with Crippen molar-refractivity contribution in [2.75, 3.05) is 0 Å². The first kappa shape index (κ1) is 22.3. The molecular weight excluding hydrogens is 344 g/mol. The average molecular weight is 383 g/mol. The number of hydrogen-bond donors (Lipinski definition) is 0. The minimum Gasteiger partial charge on any atom is -0.488 e. The molecule has 2 rings (SSSR count). The number of aryl methyl sites for hydroxylation is 2. The molecular formula is C26H38O2. The Labute approximate surface area is 172 Å². The summed E-state index contributed by atoms with van der Waals surface area (Å²) < 4.78 is 12.4. The van der Waals surface area contributed by atoms with Gasteiger partial charge >= 0.3 is 0 Å². The lowest BCUT2D eigenvalue weighted by Gasteiger charge is -2.27. The maximum atomic E-state index is 6.20. The van der Waals surface area contributed by atoms with Crippen molar-refractivity contribution >= 4 is 0 Å². The number of rotatable bonds is 8. The molecule has 0 aromatic heterocycles. The van der Waals surface area contributed by atoms with Gasteiger partial charge in [0.2, 0.25) is 0 Å². The first-order valence-electron chi connectivity index (χ1n) is 10.6. The van der Waals surface area contributed by atoms with Crippen LogP contribution in [0.15, 0.2) is 36.4 Å². The molecule has 0 saturated carbocycles. The van der Waals surface area contributed by atoms with Gasteiger partial charge in [0, 0.05) is 5.92 Å². The van der Waals surface area contributed by atoms with Gasteiger partial charge in [-0.25, -0.2) is 0 Å². The SMILES string of the molecule is CCC(C)(C)Oc1ccc(C(C)c2ccc(OC(C)(C)CC)c(C)c2)cc1C. The highest BCUT2D eigenvalue weighted by Crippen LogP contribution is 2.33. The highest BCUT2D eigenvalue weighted by atomic mass is 16.5. The standard InChI is InChI=1S/C26H38O2/c1-10-25(6,7)27-23-14-12-21(16-18(23)3)20(5)22-13-15-24(19(4)17-22)28-26(8,9)11-2/h12-17,20H,10-11H2,1-9H3. The molecule has 0 radical (unpaired) electrons. The van der Waals surface area contributed by atoms with Crippen LogP contribution in [0.25, 0.3) is 0 Å². The van der Waals surface area contributed by atoms with Crippen LogP contribution in [0.5, 0.6) is 11.5 Å². The topological polar surface area (TPSA) is 18.5 Å². The second-order valence-electron chi connectivity index (χ2n) is 9.20. The highest BCUT2D eigenvalue weighted by molar-refractivity contribution is 5.44. The fraction of sp³-hybridized carbons (Fsp3) is 0.538. The molecule has 0 heterocycles. The van der Waals surface area contributed by atoms with Gasteiger partial charge in [-0.1, -0.05) is 45.0 Å². The first-order valence-corrected chi connectivity index (χ1v) is 10.6. The van der Waals surface area contributed by atoms with Crippen LogP contribution in [-0.4, -0.2) is 11.2 Å². The second kappa shape index (κ2) is 8.59. The van der Waals surface area contributed by atoms with Gasteiger partial charge in [0.25, 0.3) is 0 Å². The average Bonchev–Trinajstić information content (AvgIpc) is 2.64. The Balaban J connectivity index is 2.23. The van der Waals surface area contributed by atoms with E-state index >= 15 is 0 Å². The lowest BCUT2D eigenvalue weighted by Crippen LogP contribution is -2.27. The van der Waals surface area contributed by atoms with Gasteiger partial charge in [-0.3, -0.25) is 0 Å². The summed E-state index contributed by atoms with van der Waals surface area (Å²) in [6, 6.07) is 13.1. The van der Waals surface area contributed by atoms with E-state index in [4.69, 9.17) is 9.47 Å². The van der Waals surface area contributed by atoms with Gasteiger partial charge in [0.15, 0.2) is 0 Å². The van der Waals surface area contributed by atoms with Gasteiger partial charge in [-0.05, 0) is 88.8 Å². The zero-order valence-electron chi connectivity index (χ0n) is 19.3. The molecule has 0 N–H and O–H groups in total. The predicted octanol–water partition coefficient (Wildman–Crippen LogP) is 7.59. The molecule has 2 heteroatoms. The summed E-state index contributed by atoms with van der Waals surface area (Å²) in [6.45, 7) is 19.4. The molecule has 0 atom stereocenters. The zero-order chi connectivity index (χ0) is 21.1. The quantitative estimate of drug-likeness (QED) is 0.468. The summed E-state index contributed by atoms with van der Waals surface area (Å²) >= 11 is 0. The normalized spacial score (nSPS) is 12.4. The van der Waals surface area contributed by atoms with Gasteiger partial charge in [0.05, 0.1) is 0 Å². The van der Waals surface area contributed by atoms with E-state index in [1.807, 2.05) is 0 Å². The van der Waals surface area contributed by atoms with Crippen LogP contribution >= 0.6 is 0 Å². The molecule has 2 nitrogen and oxygen atoms in total. The lowest BCUT2D eigenvalue weighted by atomic mass is 9.91. The van der Waals surface area contributed by atoms with Gasteiger partial charge in [-0.2, -0.15) is 0 Å². The maximum Gasteiger partial charge on any atom is 0.123 e. The van der Waals surface area contributed by atoms with Crippen molar-refractivity contribution in [1.82, 2.24) is 0 Å². The third-order valence-electron chi connectivity index (χ3n) is 5.87. The van der Waals surface area contributed by atoms with E-state index in [-0.39, 0.29) is 11.2 Å². The molecule has 0 aliphatic rings. The van der Waals surface area contributed by atoms with Crippen molar-refractivity contribution in [3.63, 3.8) is 0 Å². The van der Waals surface area contributed by atoms with Crippen LogP contribution in [0.2, 0.25) is 0 Å². The molecule has 0 aliphatic carbocycles. The minimum atomic E-state index is -0.142. The molecule has 154 valence electrons. The largest absolute Gasteiger partial charge is 0.488 e. The monoisotopic (exact) mass is 382 g/mol. The molecule has 0 unspecified atom stereocenters. The van der Waals surface area contributed by atoms with E-state index in [0.717, 1.165) is 24.3 Å². The van der Waals surface area contributed by atoms with Gasteiger partial charge in [0.1, 0.15) is 22.7 Å². The number of hydrogen-bond acceptors (Lipinski definition) is 2. The Morgan fingerprint density at radius 1 is 0.714 bits per heavy atom. The fourth-order valence-electron chi connectivity index (χ4n) is 3.05. The molecule has 0 aliphatic heterocycles. The Morgan fingerprint density at radius 3 is 1.36 bits per heavy atom. The summed E-state index contributed by atoms with van der Waals surface area (Å²) in [5, 5.41) is 0. The van der Waals surface area contributed by atoms with Crippen LogP contribution < -0.4 is 9.47 Å². The second-order valence-corrected chi connectivity index (χ2v) is 9.20. The van der Waals surface area contributed by atoms with Gasteiger partial charge in [-0.15, -0.1) is 0 Å². The minimum absolute atomic E-state index is 0.142. The van der Waals surface area contributed by atoms with Crippen LogP contribution in [0.3, 0.4) is 0 Å². The molecule has 28 heavy (non-hydrogen) atoms. The van der Waals surface area contributed by atoms with Crippen molar-refractivity contribution in [3.8, 4) is 11.5 Å². The van der Waals surface area contributed by atoms with Crippen molar-refractivity contribution < 1.29 is 9.47 Å². The third-order valence-corrected chi connectivity index (χ3v) is 5.87. The van der Waals surface area contributed by atoms with Crippen LogP contribution in [0, 0.1) is 13.8 Å².